The van der Waals surface area contributed by atoms with E-state index in [9.17, 15) is 9.18 Å². The number of aryl methyl sites for hydroxylation is 1. The molecule has 0 radical (unpaired) electrons. The summed E-state index contributed by atoms with van der Waals surface area (Å²) in [7, 11) is 4.00. The van der Waals surface area contributed by atoms with Gasteiger partial charge in [-0.15, -0.1) is 0 Å². The molecule has 0 saturated carbocycles. The van der Waals surface area contributed by atoms with E-state index in [-0.39, 0.29) is 11.7 Å². The van der Waals surface area contributed by atoms with Gasteiger partial charge in [-0.1, -0.05) is 35.1 Å². The Bertz CT molecular complexity index is 905. The van der Waals surface area contributed by atoms with Gasteiger partial charge in [0.1, 0.15) is 11.3 Å². The Morgan fingerprint density at radius 3 is 2.50 bits per heavy atom. The zero-order valence-electron chi connectivity index (χ0n) is 15.2. The Morgan fingerprint density at radius 2 is 1.85 bits per heavy atom. The van der Waals surface area contributed by atoms with Crippen LogP contribution in [-0.2, 0) is 0 Å². The van der Waals surface area contributed by atoms with Gasteiger partial charge in [0.25, 0.3) is 5.91 Å². The van der Waals surface area contributed by atoms with Crippen molar-refractivity contribution >= 4 is 32.6 Å². The van der Waals surface area contributed by atoms with Crippen molar-refractivity contribution in [3.8, 4) is 0 Å². The molecule has 0 N–H and O–H groups in total. The van der Waals surface area contributed by atoms with Crippen LogP contribution in [0.5, 0.6) is 0 Å². The van der Waals surface area contributed by atoms with Gasteiger partial charge in [-0.2, -0.15) is 0 Å². The molecule has 26 heavy (non-hydrogen) atoms. The maximum absolute atomic E-state index is 14.0. The first-order valence-electron chi connectivity index (χ1n) is 8.54. The van der Waals surface area contributed by atoms with Crippen LogP contribution >= 0.6 is 11.3 Å². The molecule has 1 heterocycles. The summed E-state index contributed by atoms with van der Waals surface area (Å²) < 4.78 is 14.8. The molecule has 0 spiro atoms. The van der Waals surface area contributed by atoms with Gasteiger partial charge in [0.05, 0.1) is 4.70 Å². The highest BCUT2D eigenvalue weighted by Crippen LogP contribution is 2.31. The number of carbonyl (C=O) groups excluding carboxylic acids is 1. The minimum Gasteiger partial charge on any atom is -0.309 e. The van der Waals surface area contributed by atoms with E-state index in [0.717, 1.165) is 23.2 Å². The van der Waals surface area contributed by atoms with Gasteiger partial charge in [0.2, 0.25) is 0 Å². The number of benzene rings is 2. The molecule has 3 rings (SSSR count). The number of amides is 1. The van der Waals surface area contributed by atoms with Gasteiger partial charge in [0, 0.05) is 12.1 Å². The first-order valence-corrected chi connectivity index (χ1v) is 9.35. The predicted octanol–water partition coefficient (Wildman–Crippen LogP) is 4.34. The van der Waals surface area contributed by atoms with Crippen molar-refractivity contribution in [3.05, 3.63) is 59.4 Å². The third kappa shape index (κ3) is 4.08. The Labute approximate surface area is 156 Å². The highest BCUT2D eigenvalue weighted by Gasteiger charge is 2.21. The number of hydrogen-bond acceptors (Lipinski definition) is 4. The topological polar surface area (TPSA) is 36.4 Å². The van der Waals surface area contributed by atoms with Crippen LogP contribution in [0.3, 0.4) is 0 Å². The van der Waals surface area contributed by atoms with Crippen molar-refractivity contribution in [2.45, 2.75) is 13.3 Å². The molecule has 0 atom stereocenters. The number of para-hydroxylation sites is 1. The van der Waals surface area contributed by atoms with Crippen molar-refractivity contribution in [1.82, 2.24) is 9.88 Å². The zero-order valence-corrected chi connectivity index (χ0v) is 16.0. The summed E-state index contributed by atoms with van der Waals surface area (Å²) in [5, 5.41) is 0.537. The minimum atomic E-state index is -0.360. The maximum Gasteiger partial charge on any atom is 0.260 e. The molecule has 0 saturated heterocycles. The predicted molar refractivity (Wildman–Crippen MR) is 106 cm³/mol. The molecule has 3 aromatic rings. The van der Waals surface area contributed by atoms with E-state index in [1.165, 1.54) is 17.4 Å². The van der Waals surface area contributed by atoms with Crippen molar-refractivity contribution in [3.63, 3.8) is 0 Å². The summed E-state index contributed by atoms with van der Waals surface area (Å²) in [6.45, 7) is 3.38. The average Bonchev–Trinajstić information content (AvgIpc) is 3.04. The summed E-state index contributed by atoms with van der Waals surface area (Å²) in [5.41, 5.74) is 2.03. The molecule has 6 heteroatoms. The van der Waals surface area contributed by atoms with E-state index >= 15 is 0 Å². The van der Waals surface area contributed by atoms with E-state index in [2.05, 4.69) is 9.88 Å². The Hall–Kier alpha value is -2.31. The van der Waals surface area contributed by atoms with Crippen LogP contribution < -0.4 is 4.90 Å². The van der Waals surface area contributed by atoms with Crippen LogP contribution in [0.2, 0.25) is 0 Å². The third-order valence-electron chi connectivity index (χ3n) is 4.12. The van der Waals surface area contributed by atoms with Gasteiger partial charge in [-0.25, -0.2) is 9.37 Å². The molecule has 2 aromatic carbocycles. The average molecular weight is 371 g/mol. The summed E-state index contributed by atoms with van der Waals surface area (Å²) in [6.07, 6.45) is 0.809. The van der Waals surface area contributed by atoms with Gasteiger partial charge < -0.3 is 4.90 Å². The van der Waals surface area contributed by atoms with Crippen LogP contribution in [0.1, 0.15) is 22.3 Å². The second kappa shape index (κ2) is 7.93. The number of nitrogens with zero attached hydrogens (tertiary/aromatic N) is 3. The van der Waals surface area contributed by atoms with Crippen molar-refractivity contribution in [2.24, 2.45) is 0 Å². The number of rotatable bonds is 6. The molecule has 4 nitrogen and oxygen atoms in total. The molecule has 1 aromatic heterocycles. The number of anilines is 1. The second-order valence-electron chi connectivity index (χ2n) is 6.56. The molecular formula is C20H22FN3OS. The van der Waals surface area contributed by atoms with E-state index < -0.39 is 0 Å². The number of carbonyl (C=O) groups is 1. The fraction of sp³-hybridized carbons (Fsp3) is 0.300. The quantitative estimate of drug-likeness (QED) is 0.647. The van der Waals surface area contributed by atoms with E-state index in [1.807, 2.05) is 51.4 Å². The first kappa shape index (κ1) is 18.5. The standard InChI is InChI=1S/C20H22FN3OS/c1-14-8-10-15(11-9-14)19(25)24(13-5-12-23(2)3)20-22-18-16(21)6-4-7-17(18)26-20/h4,6-11H,5,12-13H2,1-3H3. The Balaban J connectivity index is 1.94. The van der Waals surface area contributed by atoms with Crippen LogP contribution in [-0.4, -0.2) is 43.0 Å². The normalized spacial score (nSPS) is 11.3. The molecule has 0 aliphatic carbocycles. The fourth-order valence-corrected chi connectivity index (χ4v) is 3.70. The van der Waals surface area contributed by atoms with Crippen molar-refractivity contribution < 1.29 is 9.18 Å². The zero-order chi connectivity index (χ0) is 18.7. The lowest BCUT2D eigenvalue weighted by Gasteiger charge is -2.21. The van der Waals surface area contributed by atoms with E-state index in [1.54, 1.807) is 11.0 Å². The Morgan fingerprint density at radius 1 is 1.12 bits per heavy atom. The molecule has 136 valence electrons. The van der Waals surface area contributed by atoms with Gasteiger partial charge in [0.15, 0.2) is 5.13 Å². The number of fused-ring (bicyclic) bond motifs is 1. The number of halogens is 1. The van der Waals surface area contributed by atoms with Crippen molar-refractivity contribution in [2.75, 3.05) is 32.1 Å². The largest absolute Gasteiger partial charge is 0.309 e. The van der Waals surface area contributed by atoms with Crippen LogP contribution in [0.15, 0.2) is 42.5 Å². The highest BCUT2D eigenvalue weighted by atomic mass is 32.1. The molecule has 0 aliphatic rings. The minimum absolute atomic E-state index is 0.108. The summed E-state index contributed by atoms with van der Waals surface area (Å²) >= 11 is 1.34. The second-order valence-corrected chi connectivity index (χ2v) is 7.57. The molecule has 0 unspecified atom stereocenters. The highest BCUT2D eigenvalue weighted by molar-refractivity contribution is 7.22. The van der Waals surface area contributed by atoms with Crippen LogP contribution in [0.25, 0.3) is 10.2 Å². The lowest BCUT2D eigenvalue weighted by Crippen LogP contribution is -2.33. The summed E-state index contributed by atoms with van der Waals surface area (Å²) in [4.78, 5) is 21.2. The van der Waals surface area contributed by atoms with E-state index in [0.29, 0.717) is 22.8 Å². The number of thiazole rings is 1. The fourth-order valence-electron chi connectivity index (χ4n) is 2.70. The smallest absolute Gasteiger partial charge is 0.260 e. The summed E-state index contributed by atoms with van der Waals surface area (Å²) in [5.74, 6) is -0.468. The SMILES string of the molecule is Cc1ccc(C(=O)N(CCCN(C)C)c2nc3c(F)cccc3s2)cc1. The van der Waals surface area contributed by atoms with Crippen molar-refractivity contribution in [1.29, 1.82) is 0 Å². The van der Waals surface area contributed by atoms with Gasteiger partial charge >= 0.3 is 0 Å². The maximum atomic E-state index is 14.0. The van der Waals surface area contributed by atoms with Gasteiger partial charge in [-0.3, -0.25) is 9.69 Å². The number of aromatic nitrogens is 1. The first-order chi connectivity index (χ1) is 12.5. The third-order valence-corrected chi connectivity index (χ3v) is 5.16. The van der Waals surface area contributed by atoms with Gasteiger partial charge in [-0.05, 0) is 58.3 Å². The summed E-state index contributed by atoms with van der Waals surface area (Å²) in [6, 6.07) is 12.4. The van der Waals surface area contributed by atoms with E-state index in [4.69, 9.17) is 0 Å². The Kier molecular flexibility index (Phi) is 5.64. The molecular weight excluding hydrogens is 349 g/mol. The lowest BCUT2D eigenvalue weighted by molar-refractivity contribution is 0.0986. The van der Waals surface area contributed by atoms with Crippen LogP contribution in [0, 0.1) is 12.7 Å². The molecule has 1 amide bonds. The molecule has 0 aliphatic heterocycles. The molecule has 0 fully saturated rings. The number of hydrogen-bond donors (Lipinski definition) is 0. The lowest BCUT2D eigenvalue weighted by atomic mass is 10.1. The monoisotopic (exact) mass is 371 g/mol. The van der Waals surface area contributed by atoms with Crippen LogP contribution in [0.4, 0.5) is 9.52 Å². The molecule has 0 bridgehead atoms.